The highest BCUT2D eigenvalue weighted by molar-refractivity contribution is 7.33. The van der Waals surface area contributed by atoms with Crippen LogP contribution in [0.4, 0.5) is 10.3 Å². The number of ether oxygens (including phenoxy) is 2. The summed E-state index contributed by atoms with van der Waals surface area (Å²) < 4.78 is 48.3. The van der Waals surface area contributed by atoms with Gasteiger partial charge in [0.1, 0.15) is 5.60 Å². The van der Waals surface area contributed by atoms with Crippen LogP contribution in [0.3, 0.4) is 0 Å². The molecule has 140 valence electrons. The first-order valence-electron chi connectivity index (χ1n) is 7.75. The number of imidazole rings is 1. The molecule has 1 unspecified atom stereocenters. The molecule has 2 aliphatic rings. The van der Waals surface area contributed by atoms with E-state index >= 15 is 4.39 Å². The van der Waals surface area contributed by atoms with Crippen LogP contribution in [0.1, 0.15) is 20.1 Å². The largest absolute Gasteiger partial charge is 0.698 e. The second-order valence-electron chi connectivity index (χ2n) is 6.11. The van der Waals surface area contributed by atoms with Crippen LogP contribution in [0.2, 0.25) is 0 Å². The van der Waals surface area contributed by atoms with Crippen LogP contribution in [0.5, 0.6) is 5.88 Å². The van der Waals surface area contributed by atoms with Crippen molar-refractivity contribution < 1.29 is 32.6 Å². The second kappa shape index (κ2) is 5.76. The topological polar surface area (TPSA) is 144 Å². The van der Waals surface area contributed by atoms with Gasteiger partial charge in [0.05, 0.1) is 12.9 Å². The molecule has 2 fully saturated rings. The highest BCUT2D eigenvalue weighted by Crippen LogP contribution is 2.54. The number of rotatable bonds is 3. The van der Waals surface area contributed by atoms with Crippen molar-refractivity contribution in [3.63, 3.8) is 0 Å². The van der Waals surface area contributed by atoms with Gasteiger partial charge in [-0.15, -0.1) is 9.05 Å². The van der Waals surface area contributed by atoms with Crippen LogP contribution >= 0.6 is 8.25 Å². The molecule has 5 atom stereocenters. The van der Waals surface area contributed by atoms with Crippen LogP contribution < -0.4 is 10.5 Å². The maximum atomic E-state index is 15.1. The number of aliphatic hydroxyl groups is 1. The Labute approximate surface area is 147 Å². The molecule has 11 nitrogen and oxygen atoms in total. The summed E-state index contributed by atoms with van der Waals surface area (Å²) >= 11 is 0. The van der Waals surface area contributed by atoms with Crippen molar-refractivity contribution in [2.75, 3.05) is 18.9 Å². The van der Waals surface area contributed by atoms with Crippen molar-refractivity contribution in [2.24, 2.45) is 0 Å². The lowest BCUT2D eigenvalue weighted by atomic mass is 9.95. The summed E-state index contributed by atoms with van der Waals surface area (Å²) in [5, 5.41) is 10.9. The maximum absolute atomic E-state index is 15.1. The van der Waals surface area contributed by atoms with Crippen LogP contribution in [0, 0.1) is 0 Å². The van der Waals surface area contributed by atoms with Gasteiger partial charge in [0.2, 0.25) is 17.9 Å². The molecule has 4 rings (SSSR count). The average Bonchev–Trinajstić information content (AvgIpc) is 3.06. The molecule has 4 heterocycles. The summed E-state index contributed by atoms with van der Waals surface area (Å²) in [4.78, 5) is 12.2. The third kappa shape index (κ3) is 2.45. The molecule has 0 aromatic carbocycles. The summed E-state index contributed by atoms with van der Waals surface area (Å²) in [6, 6.07) is 0. The smallest absolute Gasteiger partial charge is 0.476 e. The van der Waals surface area contributed by atoms with E-state index < -0.39 is 38.6 Å². The summed E-state index contributed by atoms with van der Waals surface area (Å²) in [5.74, 6) is -2.42. The van der Waals surface area contributed by atoms with E-state index in [0.717, 1.165) is 0 Å². The molecule has 2 aliphatic heterocycles. The molecule has 0 saturated carbocycles. The van der Waals surface area contributed by atoms with Gasteiger partial charge in [0, 0.05) is 4.57 Å². The highest BCUT2D eigenvalue weighted by Gasteiger charge is 2.71. The number of aromatic nitrogens is 4. The van der Waals surface area contributed by atoms with E-state index in [9.17, 15) is 9.67 Å². The molecular weight excluding hydrogens is 372 g/mol. The van der Waals surface area contributed by atoms with Crippen molar-refractivity contribution in [1.29, 1.82) is 0 Å². The minimum atomic E-state index is -2.56. The molecule has 3 N–H and O–H groups in total. The third-order valence-electron chi connectivity index (χ3n) is 4.23. The number of anilines is 1. The molecule has 2 saturated heterocycles. The first-order chi connectivity index (χ1) is 12.3. The molecule has 0 spiro atoms. The zero-order valence-corrected chi connectivity index (χ0v) is 14.7. The van der Waals surface area contributed by atoms with Gasteiger partial charge < -0.3 is 20.3 Å². The molecule has 0 amide bonds. The lowest BCUT2D eigenvalue weighted by Crippen LogP contribution is -2.51. The predicted octanol–water partition coefficient (Wildman–Crippen LogP) is 0.826. The van der Waals surface area contributed by atoms with E-state index in [1.165, 1.54) is 17.8 Å². The van der Waals surface area contributed by atoms with E-state index in [4.69, 9.17) is 24.3 Å². The van der Waals surface area contributed by atoms with Gasteiger partial charge in [0.25, 0.3) is 5.85 Å². The number of nitrogens with zero attached hydrogens (tertiary/aromatic N) is 4. The fourth-order valence-electron chi connectivity index (χ4n) is 3.14. The second-order valence-corrected chi connectivity index (χ2v) is 7.02. The normalized spacial score (nSPS) is 35.6. The van der Waals surface area contributed by atoms with Crippen molar-refractivity contribution >= 4 is 25.4 Å². The van der Waals surface area contributed by atoms with Crippen molar-refractivity contribution in [2.45, 2.75) is 37.6 Å². The number of hydrogen-bond donors (Lipinski definition) is 2. The van der Waals surface area contributed by atoms with E-state index in [2.05, 4.69) is 15.0 Å². The van der Waals surface area contributed by atoms with Crippen LogP contribution in [-0.4, -0.2) is 55.4 Å². The fourth-order valence-corrected chi connectivity index (χ4v) is 4.02. The Balaban J connectivity index is 1.82. The minimum Gasteiger partial charge on any atom is -0.476 e. The first kappa shape index (κ1) is 17.4. The van der Waals surface area contributed by atoms with Gasteiger partial charge in [-0.2, -0.15) is 9.97 Å². The predicted molar refractivity (Wildman–Crippen MR) is 83.9 cm³/mol. The van der Waals surface area contributed by atoms with Crippen LogP contribution in [-0.2, 0) is 18.3 Å². The van der Waals surface area contributed by atoms with Crippen molar-refractivity contribution in [3.8, 4) is 5.88 Å². The first-order valence-corrected chi connectivity index (χ1v) is 8.84. The zero-order chi connectivity index (χ0) is 18.7. The Bertz CT molecular complexity index is 893. The van der Waals surface area contributed by atoms with Gasteiger partial charge in [0.15, 0.2) is 24.0 Å². The summed E-state index contributed by atoms with van der Waals surface area (Å²) in [6.45, 7) is 2.75. The van der Waals surface area contributed by atoms with Crippen molar-refractivity contribution in [1.82, 2.24) is 19.5 Å². The standard InChI is InChI=1S/C13H16FN5O6P/c1-3-22-8-6-7(17-11(15)18-8)19(5-16-6)10-12(2,20)9-13(14,24-10)4-23-26(21)25-9/h5,9-10,20H,3-4H2,1-2H3,(H2,15,17,18)/q+1/t9-,10+,12+,13+/m0/s1. The van der Waals surface area contributed by atoms with E-state index in [1.807, 2.05) is 0 Å². The molecule has 2 aromatic rings. The Morgan fingerprint density at radius 1 is 1.58 bits per heavy atom. The third-order valence-corrected chi connectivity index (χ3v) is 4.95. The van der Waals surface area contributed by atoms with Gasteiger partial charge in [-0.1, -0.05) is 0 Å². The molecule has 0 bridgehead atoms. The number of nitrogen functional groups attached to an aromatic ring is 1. The number of alkyl halides is 1. The monoisotopic (exact) mass is 388 g/mol. The van der Waals surface area contributed by atoms with Gasteiger partial charge in [-0.25, -0.2) is 9.37 Å². The number of fused-ring (bicyclic) bond motifs is 2. The molecule has 0 aliphatic carbocycles. The Hall–Kier alpha value is -1.98. The summed E-state index contributed by atoms with van der Waals surface area (Å²) in [6.07, 6.45) is -1.53. The summed E-state index contributed by atoms with van der Waals surface area (Å²) in [7, 11) is -2.56. The van der Waals surface area contributed by atoms with Crippen LogP contribution in [0.15, 0.2) is 6.33 Å². The zero-order valence-electron chi connectivity index (χ0n) is 13.8. The lowest BCUT2D eigenvalue weighted by molar-refractivity contribution is -0.211. The van der Waals surface area contributed by atoms with E-state index in [1.54, 1.807) is 6.92 Å². The fraction of sp³-hybridized carbons (Fsp3) is 0.615. The molecule has 0 radical (unpaired) electrons. The lowest BCUT2D eigenvalue weighted by Gasteiger charge is -2.28. The number of nitrogens with two attached hydrogens (primary N) is 1. The Kier molecular flexibility index (Phi) is 3.86. The molecule has 13 heteroatoms. The van der Waals surface area contributed by atoms with E-state index in [-0.39, 0.29) is 23.0 Å². The van der Waals surface area contributed by atoms with Crippen molar-refractivity contribution in [3.05, 3.63) is 6.33 Å². The van der Waals surface area contributed by atoms with E-state index in [0.29, 0.717) is 6.61 Å². The summed E-state index contributed by atoms with van der Waals surface area (Å²) in [5.41, 5.74) is 4.26. The molecule has 2 aromatic heterocycles. The average molecular weight is 388 g/mol. The maximum Gasteiger partial charge on any atom is 0.698 e. The quantitative estimate of drug-likeness (QED) is 0.725. The highest BCUT2D eigenvalue weighted by atomic mass is 31.1. The number of hydrogen-bond acceptors (Lipinski definition) is 10. The molecular formula is C13H16FN5O6P+. The molecule has 26 heavy (non-hydrogen) atoms. The van der Waals surface area contributed by atoms with Gasteiger partial charge >= 0.3 is 8.25 Å². The number of halogens is 1. The minimum absolute atomic E-state index is 0.0876. The van der Waals surface area contributed by atoms with Gasteiger partial charge in [-0.3, -0.25) is 4.57 Å². The van der Waals surface area contributed by atoms with Gasteiger partial charge in [-0.05, 0) is 13.8 Å². The Morgan fingerprint density at radius 2 is 2.35 bits per heavy atom. The SMILES string of the molecule is CCOc1nc(N)nc2c1ncn2[C@@H]1O[C@]2(F)CO[P+](=O)O[C@H]2[C@@]1(C)O. The Morgan fingerprint density at radius 3 is 3.08 bits per heavy atom. The van der Waals surface area contributed by atoms with Crippen LogP contribution in [0.25, 0.3) is 11.2 Å².